The maximum absolute atomic E-state index is 12.0. The smallest absolute Gasteiger partial charge is 0.313 e. The zero-order valence-electron chi connectivity index (χ0n) is 13.9. The predicted octanol–water partition coefficient (Wildman–Crippen LogP) is 3.21. The molecule has 8 heteroatoms. The summed E-state index contributed by atoms with van der Waals surface area (Å²) < 4.78 is 1.03. The number of aliphatic hydroxyl groups excluding tert-OH is 1. The summed E-state index contributed by atoms with van der Waals surface area (Å²) in [5.74, 6) is -1.87. The molecule has 1 atom stereocenters. The number of carbonyl (C=O) groups is 2. The van der Waals surface area contributed by atoms with Gasteiger partial charge in [-0.3, -0.25) is 9.59 Å². The van der Waals surface area contributed by atoms with Gasteiger partial charge in [0.15, 0.2) is 0 Å². The molecule has 0 aliphatic heterocycles. The molecular formula is C19H14ClN3O3S. The molecule has 0 saturated heterocycles. The Bertz CT molecular complexity index is 1060. The van der Waals surface area contributed by atoms with Gasteiger partial charge >= 0.3 is 11.8 Å². The van der Waals surface area contributed by atoms with Gasteiger partial charge in [-0.15, -0.1) is 11.3 Å². The molecule has 0 aliphatic carbocycles. The van der Waals surface area contributed by atoms with E-state index in [2.05, 4.69) is 10.6 Å². The fourth-order valence-electron chi connectivity index (χ4n) is 2.53. The lowest BCUT2D eigenvalue weighted by molar-refractivity contribution is -0.136. The number of halogens is 1. The average molecular weight is 400 g/mol. The van der Waals surface area contributed by atoms with E-state index in [4.69, 9.17) is 16.9 Å². The monoisotopic (exact) mass is 399 g/mol. The summed E-state index contributed by atoms with van der Waals surface area (Å²) in [6.07, 6.45) is -0.946. The average Bonchev–Trinajstić information content (AvgIpc) is 3.10. The van der Waals surface area contributed by atoms with Crippen molar-refractivity contribution in [3.05, 3.63) is 64.0 Å². The van der Waals surface area contributed by atoms with Gasteiger partial charge in [-0.25, -0.2) is 0 Å². The number of benzene rings is 2. The van der Waals surface area contributed by atoms with Crippen molar-refractivity contribution in [1.82, 2.24) is 5.32 Å². The third-order valence-electron chi connectivity index (χ3n) is 3.88. The van der Waals surface area contributed by atoms with E-state index < -0.39 is 17.9 Å². The zero-order valence-corrected chi connectivity index (χ0v) is 15.5. The Balaban J connectivity index is 1.63. The Morgan fingerprint density at radius 1 is 1.22 bits per heavy atom. The Morgan fingerprint density at radius 2 is 2.00 bits per heavy atom. The number of hydrogen-bond acceptors (Lipinski definition) is 5. The van der Waals surface area contributed by atoms with E-state index in [0.717, 1.165) is 10.1 Å². The molecule has 3 aromatic rings. The third kappa shape index (κ3) is 4.26. The molecule has 2 aromatic carbocycles. The normalized spacial score (nSPS) is 11.6. The number of rotatable bonds is 4. The van der Waals surface area contributed by atoms with Crippen molar-refractivity contribution in [3.63, 3.8) is 0 Å². The first kappa shape index (κ1) is 18.9. The first-order valence-electron chi connectivity index (χ1n) is 7.92. The largest absolute Gasteiger partial charge is 0.387 e. The molecule has 3 rings (SSSR count). The molecule has 0 saturated carbocycles. The summed E-state index contributed by atoms with van der Waals surface area (Å²) in [5, 5.41) is 27.2. The molecule has 0 bridgehead atoms. The van der Waals surface area contributed by atoms with Crippen LogP contribution in [0, 0.1) is 11.3 Å². The van der Waals surface area contributed by atoms with Crippen molar-refractivity contribution in [1.29, 1.82) is 5.26 Å². The van der Waals surface area contributed by atoms with Crippen molar-refractivity contribution in [2.24, 2.45) is 0 Å². The summed E-state index contributed by atoms with van der Waals surface area (Å²) in [4.78, 5) is 24.1. The maximum atomic E-state index is 12.0. The van der Waals surface area contributed by atoms with Gasteiger partial charge in [-0.1, -0.05) is 29.8 Å². The van der Waals surface area contributed by atoms with Crippen molar-refractivity contribution in [3.8, 4) is 6.07 Å². The first-order chi connectivity index (χ1) is 13.0. The van der Waals surface area contributed by atoms with Crippen LogP contribution in [0.2, 0.25) is 5.02 Å². The Morgan fingerprint density at radius 3 is 2.78 bits per heavy atom. The minimum Gasteiger partial charge on any atom is -0.387 e. The summed E-state index contributed by atoms with van der Waals surface area (Å²) in [5.41, 5.74) is 1.03. The Hall–Kier alpha value is -2.92. The topological polar surface area (TPSA) is 102 Å². The van der Waals surface area contributed by atoms with Crippen LogP contribution in [0.5, 0.6) is 0 Å². The van der Waals surface area contributed by atoms with E-state index in [1.165, 1.54) is 29.5 Å². The second kappa shape index (κ2) is 8.18. The summed E-state index contributed by atoms with van der Waals surface area (Å²) >= 11 is 7.35. The van der Waals surface area contributed by atoms with Crippen LogP contribution < -0.4 is 10.6 Å². The highest BCUT2D eigenvalue weighted by Gasteiger charge is 2.19. The molecule has 27 heavy (non-hydrogen) atoms. The molecule has 0 aliphatic rings. The third-order valence-corrected chi connectivity index (χ3v) is 5.10. The lowest BCUT2D eigenvalue weighted by atomic mass is 10.1. The summed E-state index contributed by atoms with van der Waals surface area (Å²) in [7, 11) is 0. The quantitative estimate of drug-likeness (QED) is 0.586. The number of anilines is 1. The second-order valence-corrected chi connectivity index (χ2v) is 7.02. The number of nitrogens with zero attached hydrogens (tertiary/aromatic N) is 1. The predicted molar refractivity (Wildman–Crippen MR) is 105 cm³/mol. The number of fused-ring (bicyclic) bond motifs is 1. The first-order valence-corrected chi connectivity index (χ1v) is 9.18. The molecular weight excluding hydrogens is 386 g/mol. The number of carbonyl (C=O) groups excluding carboxylic acids is 2. The Kier molecular flexibility index (Phi) is 5.72. The number of aliphatic hydroxyl groups is 1. The molecule has 1 aromatic heterocycles. The van der Waals surface area contributed by atoms with Gasteiger partial charge < -0.3 is 15.7 Å². The minimum absolute atomic E-state index is 0.117. The highest BCUT2D eigenvalue weighted by atomic mass is 35.5. The van der Waals surface area contributed by atoms with Gasteiger partial charge in [0.25, 0.3) is 0 Å². The number of thiophene rings is 1. The molecule has 1 heterocycles. The van der Waals surface area contributed by atoms with E-state index in [1.807, 2.05) is 35.7 Å². The van der Waals surface area contributed by atoms with Gasteiger partial charge in [0.2, 0.25) is 0 Å². The molecule has 2 amide bonds. The lowest BCUT2D eigenvalue weighted by Crippen LogP contribution is -2.37. The van der Waals surface area contributed by atoms with Gasteiger partial charge in [0, 0.05) is 21.8 Å². The Labute approximate surface area is 164 Å². The van der Waals surface area contributed by atoms with Gasteiger partial charge in [0.05, 0.1) is 17.4 Å². The van der Waals surface area contributed by atoms with E-state index in [0.29, 0.717) is 10.6 Å². The second-order valence-electron chi connectivity index (χ2n) is 5.67. The van der Waals surface area contributed by atoms with Crippen LogP contribution >= 0.6 is 22.9 Å². The van der Waals surface area contributed by atoms with Crippen LogP contribution in [0.3, 0.4) is 0 Å². The zero-order chi connectivity index (χ0) is 19.4. The van der Waals surface area contributed by atoms with Gasteiger partial charge in [-0.2, -0.15) is 5.26 Å². The van der Waals surface area contributed by atoms with Crippen LogP contribution in [-0.4, -0.2) is 23.5 Å². The highest BCUT2D eigenvalue weighted by molar-refractivity contribution is 7.17. The van der Waals surface area contributed by atoms with E-state index in [9.17, 15) is 14.7 Å². The van der Waals surface area contributed by atoms with Crippen molar-refractivity contribution in [2.45, 2.75) is 6.10 Å². The van der Waals surface area contributed by atoms with E-state index >= 15 is 0 Å². The number of nitriles is 1. The molecule has 3 N–H and O–H groups in total. The van der Waals surface area contributed by atoms with Gasteiger partial charge in [0.1, 0.15) is 6.07 Å². The van der Waals surface area contributed by atoms with Crippen LogP contribution in [-0.2, 0) is 9.59 Å². The molecule has 136 valence electrons. The fraction of sp³-hybridized carbons (Fsp3) is 0.105. The van der Waals surface area contributed by atoms with Crippen molar-refractivity contribution in [2.75, 3.05) is 11.9 Å². The fourth-order valence-corrected chi connectivity index (χ4v) is 3.71. The molecule has 0 radical (unpaired) electrons. The molecule has 0 spiro atoms. The lowest BCUT2D eigenvalue weighted by Gasteiger charge is -2.12. The van der Waals surface area contributed by atoms with E-state index in [1.54, 1.807) is 0 Å². The van der Waals surface area contributed by atoms with Crippen LogP contribution in [0.4, 0.5) is 5.69 Å². The molecule has 6 nitrogen and oxygen atoms in total. The van der Waals surface area contributed by atoms with Gasteiger partial charge in [-0.05, 0) is 35.0 Å². The van der Waals surface area contributed by atoms with Crippen LogP contribution in [0.25, 0.3) is 10.1 Å². The number of amides is 2. The van der Waals surface area contributed by atoms with E-state index in [-0.39, 0.29) is 17.8 Å². The van der Waals surface area contributed by atoms with Crippen LogP contribution in [0.15, 0.2) is 47.8 Å². The number of nitrogens with one attached hydrogen (secondary N) is 2. The SMILES string of the molecule is N#Cc1ccc(Cl)cc1NC(=O)C(=O)NC[C@H](O)c1csc2ccccc12. The van der Waals surface area contributed by atoms with Crippen LogP contribution in [0.1, 0.15) is 17.2 Å². The standard InChI is InChI=1S/C19H14ClN3O3S/c20-12-6-5-11(8-21)15(7-12)23-19(26)18(25)22-9-16(24)14-10-27-17-4-2-1-3-13(14)17/h1-7,10,16,24H,9H2,(H,22,25)(H,23,26)/t16-/m0/s1. The van der Waals surface area contributed by atoms with Crippen molar-refractivity contribution < 1.29 is 14.7 Å². The molecule has 0 fully saturated rings. The summed E-state index contributed by atoms with van der Waals surface area (Å²) in [6, 6.07) is 13.9. The number of hydrogen-bond donors (Lipinski definition) is 3. The van der Waals surface area contributed by atoms with Crippen molar-refractivity contribution >= 4 is 50.5 Å². The highest BCUT2D eigenvalue weighted by Crippen LogP contribution is 2.29. The molecule has 0 unspecified atom stereocenters. The summed E-state index contributed by atoms with van der Waals surface area (Å²) in [6.45, 7) is -0.117. The maximum Gasteiger partial charge on any atom is 0.313 e. The minimum atomic E-state index is -0.948.